The zero-order valence-corrected chi connectivity index (χ0v) is 16.4. The maximum absolute atomic E-state index is 12.9. The Morgan fingerprint density at radius 2 is 1.75 bits per heavy atom. The number of hydrogen-bond donors (Lipinski definition) is 0. The minimum Gasteiger partial charge on any atom is -0.493 e. The van der Waals surface area contributed by atoms with Crippen LogP contribution in [0, 0.1) is 5.92 Å². The maximum Gasteiger partial charge on any atom is 0.226 e. The molecule has 3 aliphatic rings. The van der Waals surface area contributed by atoms with Crippen LogP contribution >= 0.6 is 0 Å². The number of carbonyl (C=O) groups is 1. The number of hydrogen-bond acceptors (Lipinski definition) is 5. The van der Waals surface area contributed by atoms with Crippen LogP contribution in [0.25, 0.3) is 11.4 Å². The van der Waals surface area contributed by atoms with E-state index in [1.165, 1.54) is 12.8 Å². The molecule has 2 saturated carbocycles. The van der Waals surface area contributed by atoms with Crippen molar-refractivity contribution in [3.8, 4) is 22.9 Å². The molecule has 0 spiro atoms. The predicted molar refractivity (Wildman–Crippen MR) is 103 cm³/mol. The van der Waals surface area contributed by atoms with Gasteiger partial charge in [-0.25, -0.2) is 0 Å². The molecule has 7 nitrogen and oxygen atoms in total. The van der Waals surface area contributed by atoms with Crippen molar-refractivity contribution in [1.29, 1.82) is 0 Å². The highest BCUT2D eigenvalue weighted by Crippen LogP contribution is 2.43. The Balaban J connectivity index is 1.55. The van der Waals surface area contributed by atoms with Gasteiger partial charge in [-0.3, -0.25) is 4.79 Å². The van der Waals surface area contributed by atoms with Crippen molar-refractivity contribution >= 4 is 5.91 Å². The molecule has 1 amide bonds. The van der Waals surface area contributed by atoms with Gasteiger partial charge in [0, 0.05) is 11.5 Å². The van der Waals surface area contributed by atoms with E-state index in [0.29, 0.717) is 24.0 Å². The fourth-order valence-electron chi connectivity index (χ4n) is 4.78. The highest BCUT2D eigenvalue weighted by molar-refractivity contribution is 5.81. The van der Waals surface area contributed by atoms with Crippen molar-refractivity contribution in [3.63, 3.8) is 0 Å². The molecule has 1 aromatic heterocycles. The second-order valence-corrected chi connectivity index (χ2v) is 8.04. The normalized spacial score (nSPS) is 23.7. The second-order valence-electron chi connectivity index (χ2n) is 8.04. The van der Waals surface area contributed by atoms with Gasteiger partial charge in [0.1, 0.15) is 0 Å². The molecule has 7 heteroatoms. The Bertz CT molecular complexity index is 905. The van der Waals surface area contributed by atoms with Crippen LogP contribution in [0.4, 0.5) is 0 Å². The SMILES string of the molecule is COc1ccc(-c2nnc3n2[C@H]2CCCC[C@H]2N(C(=O)C2CC2)C3)cc1OC. The van der Waals surface area contributed by atoms with Crippen molar-refractivity contribution in [2.24, 2.45) is 5.92 Å². The van der Waals surface area contributed by atoms with Gasteiger partial charge in [-0.1, -0.05) is 12.8 Å². The van der Waals surface area contributed by atoms with Crippen LogP contribution in [0.1, 0.15) is 50.4 Å². The first-order valence-electron chi connectivity index (χ1n) is 10.2. The molecule has 2 aromatic rings. The number of ether oxygens (including phenoxy) is 2. The summed E-state index contributed by atoms with van der Waals surface area (Å²) < 4.78 is 13.1. The van der Waals surface area contributed by atoms with Crippen LogP contribution in [0.3, 0.4) is 0 Å². The van der Waals surface area contributed by atoms with E-state index >= 15 is 0 Å². The molecule has 0 saturated heterocycles. The number of nitrogens with zero attached hydrogens (tertiary/aromatic N) is 4. The summed E-state index contributed by atoms with van der Waals surface area (Å²) in [5, 5.41) is 9.00. The summed E-state index contributed by atoms with van der Waals surface area (Å²) in [5.41, 5.74) is 0.961. The van der Waals surface area contributed by atoms with Crippen molar-refractivity contribution in [2.75, 3.05) is 14.2 Å². The Kier molecular flexibility index (Phi) is 4.25. The molecule has 5 rings (SSSR count). The van der Waals surface area contributed by atoms with Gasteiger partial charge >= 0.3 is 0 Å². The Labute approximate surface area is 164 Å². The van der Waals surface area contributed by atoms with Gasteiger partial charge in [0.25, 0.3) is 0 Å². The molecule has 1 aliphatic heterocycles. The Hall–Kier alpha value is -2.57. The third-order valence-electron chi connectivity index (χ3n) is 6.36. The maximum atomic E-state index is 12.9. The molecule has 2 heterocycles. The minimum absolute atomic E-state index is 0.238. The number of methoxy groups -OCH3 is 2. The lowest BCUT2D eigenvalue weighted by Crippen LogP contribution is -2.51. The summed E-state index contributed by atoms with van der Waals surface area (Å²) in [6, 6.07) is 6.36. The van der Waals surface area contributed by atoms with E-state index in [9.17, 15) is 4.79 Å². The minimum atomic E-state index is 0.238. The summed E-state index contributed by atoms with van der Waals surface area (Å²) in [7, 11) is 3.27. The van der Waals surface area contributed by atoms with E-state index in [4.69, 9.17) is 9.47 Å². The third-order valence-corrected chi connectivity index (χ3v) is 6.36. The lowest BCUT2D eigenvalue weighted by Gasteiger charge is -2.45. The van der Waals surface area contributed by atoms with E-state index in [1.807, 2.05) is 18.2 Å². The molecule has 0 unspecified atom stereocenters. The average Bonchev–Trinajstić information content (AvgIpc) is 3.51. The second kappa shape index (κ2) is 6.79. The predicted octanol–water partition coefficient (Wildman–Crippen LogP) is 3.20. The number of aromatic nitrogens is 3. The van der Waals surface area contributed by atoms with Gasteiger partial charge in [-0.15, -0.1) is 10.2 Å². The number of benzene rings is 1. The van der Waals surface area contributed by atoms with Crippen LogP contribution < -0.4 is 9.47 Å². The van der Waals surface area contributed by atoms with Crippen molar-refractivity contribution in [3.05, 3.63) is 24.0 Å². The highest BCUT2D eigenvalue weighted by atomic mass is 16.5. The first kappa shape index (κ1) is 17.5. The van der Waals surface area contributed by atoms with Gasteiger partial charge < -0.3 is 18.9 Å². The van der Waals surface area contributed by atoms with Crippen LogP contribution in [-0.2, 0) is 11.3 Å². The number of carbonyl (C=O) groups excluding carboxylic acids is 1. The fraction of sp³-hybridized carbons (Fsp3) is 0.571. The monoisotopic (exact) mass is 382 g/mol. The molecule has 1 aromatic carbocycles. The third kappa shape index (κ3) is 2.75. The van der Waals surface area contributed by atoms with Crippen molar-refractivity contribution in [1.82, 2.24) is 19.7 Å². The molecule has 2 aliphatic carbocycles. The van der Waals surface area contributed by atoms with Gasteiger partial charge in [0.15, 0.2) is 23.1 Å². The van der Waals surface area contributed by atoms with Crippen molar-refractivity contribution in [2.45, 2.75) is 57.2 Å². The molecular weight excluding hydrogens is 356 g/mol. The Morgan fingerprint density at radius 1 is 1.00 bits per heavy atom. The smallest absolute Gasteiger partial charge is 0.226 e. The van der Waals surface area contributed by atoms with Crippen LogP contribution in [0.2, 0.25) is 0 Å². The fourth-order valence-corrected chi connectivity index (χ4v) is 4.78. The summed E-state index contributed by atoms with van der Waals surface area (Å²) in [6.45, 7) is 0.566. The number of amides is 1. The van der Waals surface area contributed by atoms with Gasteiger partial charge in [-0.05, 0) is 43.9 Å². The van der Waals surface area contributed by atoms with Crippen LogP contribution in [-0.4, -0.2) is 45.8 Å². The standard InChI is InChI=1S/C21H26N4O3/c1-27-17-10-9-14(11-18(17)28-2)20-23-22-19-12-24(21(26)13-7-8-13)15-5-3-4-6-16(15)25(19)20/h9-11,13,15-16H,3-8,12H2,1-2H3/t15-,16+/m1/s1. The van der Waals surface area contributed by atoms with E-state index in [-0.39, 0.29) is 18.0 Å². The topological polar surface area (TPSA) is 69.5 Å². The zero-order valence-electron chi connectivity index (χ0n) is 16.4. The molecule has 148 valence electrons. The zero-order chi connectivity index (χ0) is 19.3. The molecule has 0 N–H and O–H groups in total. The lowest BCUT2D eigenvalue weighted by molar-refractivity contribution is -0.139. The van der Waals surface area contributed by atoms with Gasteiger partial charge in [0.05, 0.1) is 32.8 Å². The summed E-state index contributed by atoms with van der Waals surface area (Å²) in [5.74, 6) is 3.68. The summed E-state index contributed by atoms with van der Waals surface area (Å²) in [6.07, 6.45) is 6.55. The summed E-state index contributed by atoms with van der Waals surface area (Å²) >= 11 is 0. The Morgan fingerprint density at radius 3 is 2.46 bits per heavy atom. The summed E-state index contributed by atoms with van der Waals surface area (Å²) in [4.78, 5) is 15.0. The number of rotatable bonds is 4. The van der Waals surface area contributed by atoms with Gasteiger partial charge in [0.2, 0.25) is 5.91 Å². The molecule has 0 radical (unpaired) electrons. The van der Waals surface area contributed by atoms with E-state index in [2.05, 4.69) is 19.7 Å². The quantitative estimate of drug-likeness (QED) is 0.812. The first-order valence-corrected chi connectivity index (χ1v) is 10.2. The van der Waals surface area contributed by atoms with Crippen LogP contribution in [0.15, 0.2) is 18.2 Å². The first-order chi connectivity index (χ1) is 13.7. The van der Waals surface area contributed by atoms with E-state index < -0.39 is 0 Å². The van der Waals surface area contributed by atoms with Gasteiger partial charge in [-0.2, -0.15) is 0 Å². The molecule has 2 atom stereocenters. The van der Waals surface area contributed by atoms with Crippen LogP contribution in [0.5, 0.6) is 11.5 Å². The average molecular weight is 382 g/mol. The van der Waals surface area contributed by atoms with E-state index in [0.717, 1.165) is 42.9 Å². The molecular formula is C21H26N4O3. The van der Waals surface area contributed by atoms with E-state index in [1.54, 1.807) is 14.2 Å². The molecule has 2 fully saturated rings. The molecule has 0 bridgehead atoms. The lowest BCUT2D eigenvalue weighted by atomic mass is 9.86. The highest BCUT2D eigenvalue weighted by Gasteiger charge is 2.44. The molecule has 28 heavy (non-hydrogen) atoms. The largest absolute Gasteiger partial charge is 0.493 e. The van der Waals surface area contributed by atoms with Crippen molar-refractivity contribution < 1.29 is 14.3 Å². The number of fused-ring (bicyclic) bond motifs is 3.